The molecular formula is C16H18N2O4S. The molecule has 0 saturated heterocycles. The van der Waals surface area contributed by atoms with Crippen LogP contribution in [0.4, 0.5) is 5.00 Å². The second-order valence-electron chi connectivity index (χ2n) is 4.84. The summed E-state index contributed by atoms with van der Waals surface area (Å²) in [5.74, 6) is -0.239. The van der Waals surface area contributed by atoms with Crippen molar-refractivity contribution in [3.05, 3.63) is 39.8 Å². The maximum absolute atomic E-state index is 12.7. The highest BCUT2D eigenvalue weighted by Crippen LogP contribution is 2.34. The first-order valence-electron chi connectivity index (χ1n) is 6.82. The van der Waals surface area contributed by atoms with Crippen molar-refractivity contribution in [3.63, 3.8) is 0 Å². The molecule has 0 bridgehead atoms. The van der Waals surface area contributed by atoms with E-state index in [1.807, 2.05) is 6.92 Å². The van der Waals surface area contributed by atoms with E-state index in [0.29, 0.717) is 22.1 Å². The summed E-state index contributed by atoms with van der Waals surface area (Å²) in [5, 5.41) is 3.16. The van der Waals surface area contributed by atoms with E-state index in [-0.39, 0.29) is 5.56 Å². The van der Waals surface area contributed by atoms with Crippen LogP contribution in [0.25, 0.3) is 0 Å². The van der Waals surface area contributed by atoms with Gasteiger partial charge < -0.3 is 20.5 Å². The number of nitrogens with two attached hydrogens (primary N) is 1. The molecule has 2 amide bonds. The predicted octanol–water partition coefficient (Wildman–Crippen LogP) is 2.73. The van der Waals surface area contributed by atoms with Gasteiger partial charge in [0.1, 0.15) is 22.1 Å². The maximum atomic E-state index is 12.7. The molecule has 6 nitrogen and oxygen atoms in total. The second kappa shape index (κ2) is 6.70. The van der Waals surface area contributed by atoms with E-state index in [9.17, 15) is 9.59 Å². The Morgan fingerprint density at radius 3 is 2.13 bits per heavy atom. The van der Waals surface area contributed by atoms with Gasteiger partial charge in [0.15, 0.2) is 0 Å². The molecule has 1 aromatic carbocycles. The number of benzene rings is 1. The van der Waals surface area contributed by atoms with Crippen LogP contribution in [0.15, 0.2) is 18.2 Å². The summed E-state index contributed by atoms with van der Waals surface area (Å²) in [4.78, 5) is 25.2. The first kappa shape index (κ1) is 16.8. The van der Waals surface area contributed by atoms with Gasteiger partial charge in [-0.15, -0.1) is 11.3 Å². The van der Waals surface area contributed by atoms with Gasteiger partial charge in [-0.3, -0.25) is 9.59 Å². The van der Waals surface area contributed by atoms with Crippen molar-refractivity contribution in [1.29, 1.82) is 0 Å². The Morgan fingerprint density at radius 2 is 1.65 bits per heavy atom. The summed E-state index contributed by atoms with van der Waals surface area (Å²) in [6.07, 6.45) is 0. The van der Waals surface area contributed by atoms with Gasteiger partial charge >= 0.3 is 0 Å². The van der Waals surface area contributed by atoms with Gasteiger partial charge in [-0.1, -0.05) is 6.07 Å². The number of carbonyl (C=O) groups is 2. The average molecular weight is 334 g/mol. The lowest BCUT2D eigenvalue weighted by Crippen LogP contribution is -2.18. The highest BCUT2D eigenvalue weighted by atomic mass is 32.1. The number of nitrogens with one attached hydrogen (secondary N) is 1. The number of methoxy groups -OCH3 is 2. The van der Waals surface area contributed by atoms with Crippen LogP contribution in [0.2, 0.25) is 0 Å². The molecule has 1 aromatic heterocycles. The van der Waals surface area contributed by atoms with Crippen LogP contribution >= 0.6 is 11.3 Å². The van der Waals surface area contributed by atoms with Gasteiger partial charge in [-0.05, 0) is 31.5 Å². The van der Waals surface area contributed by atoms with Gasteiger partial charge in [-0.2, -0.15) is 0 Å². The molecule has 0 spiro atoms. The fraction of sp³-hybridized carbons (Fsp3) is 0.250. The molecule has 1 heterocycles. The van der Waals surface area contributed by atoms with E-state index in [4.69, 9.17) is 15.2 Å². The third-order valence-electron chi connectivity index (χ3n) is 3.51. The number of primary amides is 1. The Hall–Kier alpha value is -2.54. The molecular weight excluding hydrogens is 316 g/mol. The lowest BCUT2D eigenvalue weighted by atomic mass is 10.1. The van der Waals surface area contributed by atoms with Crippen LogP contribution in [-0.2, 0) is 0 Å². The summed E-state index contributed by atoms with van der Waals surface area (Å²) >= 11 is 1.30. The molecule has 2 rings (SSSR count). The third kappa shape index (κ3) is 3.14. The minimum atomic E-state index is -0.575. The van der Waals surface area contributed by atoms with Crippen molar-refractivity contribution in [1.82, 2.24) is 0 Å². The summed E-state index contributed by atoms with van der Waals surface area (Å²) in [7, 11) is 2.94. The summed E-state index contributed by atoms with van der Waals surface area (Å²) in [5.41, 5.74) is 6.78. The van der Waals surface area contributed by atoms with Gasteiger partial charge in [0, 0.05) is 4.88 Å². The molecule has 0 atom stereocenters. The normalized spacial score (nSPS) is 10.3. The lowest BCUT2D eigenvalue weighted by molar-refractivity contribution is 0.100. The molecule has 7 heteroatoms. The molecule has 0 aliphatic heterocycles. The molecule has 0 aliphatic rings. The van der Waals surface area contributed by atoms with Crippen LogP contribution in [0, 0.1) is 13.8 Å². The molecule has 0 fully saturated rings. The Kier molecular flexibility index (Phi) is 4.90. The minimum absolute atomic E-state index is 0.261. The van der Waals surface area contributed by atoms with Crippen molar-refractivity contribution in [3.8, 4) is 11.5 Å². The number of thiophene rings is 1. The number of ether oxygens (including phenoxy) is 2. The number of amides is 2. The van der Waals surface area contributed by atoms with Crippen molar-refractivity contribution < 1.29 is 19.1 Å². The molecule has 23 heavy (non-hydrogen) atoms. The average Bonchev–Trinajstić information content (AvgIpc) is 2.80. The van der Waals surface area contributed by atoms with Crippen LogP contribution in [0.1, 0.15) is 31.2 Å². The van der Waals surface area contributed by atoms with Crippen molar-refractivity contribution >= 4 is 28.2 Å². The van der Waals surface area contributed by atoms with Crippen molar-refractivity contribution in [2.24, 2.45) is 5.73 Å². The van der Waals surface area contributed by atoms with Crippen molar-refractivity contribution in [2.75, 3.05) is 19.5 Å². The zero-order chi connectivity index (χ0) is 17.1. The van der Waals surface area contributed by atoms with E-state index >= 15 is 0 Å². The SMILES string of the molecule is COc1cccc(OC)c1C(=O)Nc1sc(C)c(C)c1C(N)=O. The Morgan fingerprint density at radius 1 is 1.09 bits per heavy atom. The highest BCUT2D eigenvalue weighted by molar-refractivity contribution is 7.16. The van der Waals surface area contributed by atoms with Crippen LogP contribution in [0.5, 0.6) is 11.5 Å². The van der Waals surface area contributed by atoms with Crippen molar-refractivity contribution in [2.45, 2.75) is 13.8 Å². The monoisotopic (exact) mass is 334 g/mol. The van der Waals surface area contributed by atoms with Crippen LogP contribution in [0.3, 0.4) is 0 Å². The third-order valence-corrected chi connectivity index (χ3v) is 4.64. The number of rotatable bonds is 5. The van der Waals surface area contributed by atoms with Gasteiger partial charge in [0.2, 0.25) is 0 Å². The zero-order valence-corrected chi connectivity index (χ0v) is 14.2. The van der Waals surface area contributed by atoms with E-state index in [1.165, 1.54) is 25.6 Å². The molecule has 3 N–H and O–H groups in total. The number of hydrogen-bond donors (Lipinski definition) is 2. The molecule has 122 valence electrons. The standard InChI is InChI=1S/C16H18N2O4S/c1-8-9(2)23-16(12(8)14(17)19)18-15(20)13-10(21-3)6-5-7-11(13)22-4/h5-7H,1-4H3,(H2,17,19)(H,18,20). The van der Waals surface area contributed by atoms with Gasteiger partial charge in [-0.25, -0.2) is 0 Å². The number of aryl methyl sites for hydroxylation is 1. The Balaban J connectivity index is 2.45. The Bertz CT molecular complexity index is 745. The number of hydrogen-bond acceptors (Lipinski definition) is 5. The fourth-order valence-corrected chi connectivity index (χ4v) is 3.31. The van der Waals surface area contributed by atoms with Gasteiger partial charge in [0.05, 0.1) is 19.8 Å². The summed E-state index contributed by atoms with van der Waals surface area (Å²) < 4.78 is 10.4. The first-order valence-corrected chi connectivity index (χ1v) is 7.64. The predicted molar refractivity (Wildman–Crippen MR) is 89.8 cm³/mol. The maximum Gasteiger partial charge on any atom is 0.263 e. The second-order valence-corrected chi connectivity index (χ2v) is 6.07. The van der Waals surface area contributed by atoms with E-state index in [1.54, 1.807) is 25.1 Å². The van der Waals surface area contributed by atoms with Crippen LogP contribution < -0.4 is 20.5 Å². The number of carbonyl (C=O) groups excluding carboxylic acids is 2. The molecule has 0 aliphatic carbocycles. The highest BCUT2D eigenvalue weighted by Gasteiger charge is 2.23. The quantitative estimate of drug-likeness (QED) is 0.879. The minimum Gasteiger partial charge on any atom is -0.496 e. The fourth-order valence-electron chi connectivity index (χ4n) is 2.25. The molecule has 2 aromatic rings. The van der Waals surface area contributed by atoms with E-state index in [0.717, 1.165) is 10.4 Å². The molecule has 0 radical (unpaired) electrons. The largest absolute Gasteiger partial charge is 0.496 e. The topological polar surface area (TPSA) is 90.7 Å². The molecule has 0 unspecified atom stereocenters. The first-order chi connectivity index (χ1) is 10.9. The Labute approximate surface area is 138 Å². The van der Waals surface area contributed by atoms with E-state index < -0.39 is 11.8 Å². The zero-order valence-electron chi connectivity index (χ0n) is 13.4. The summed E-state index contributed by atoms with van der Waals surface area (Å²) in [6, 6.07) is 5.05. The van der Waals surface area contributed by atoms with E-state index in [2.05, 4.69) is 5.32 Å². The lowest BCUT2D eigenvalue weighted by Gasteiger charge is -2.12. The smallest absolute Gasteiger partial charge is 0.263 e. The summed E-state index contributed by atoms with van der Waals surface area (Å²) in [6.45, 7) is 3.66. The molecule has 0 saturated carbocycles. The van der Waals surface area contributed by atoms with Crippen LogP contribution in [-0.4, -0.2) is 26.0 Å². The van der Waals surface area contributed by atoms with Gasteiger partial charge in [0.25, 0.3) is 11.8 Å². The number of anilines is 1.